The van der Waals surface area contributed by atoms with Crippen LogP contribution in [0.1, 0.15) is 29.7 Å². The van der Waals surface area contributed by atoms with E-state index in [9.17, 15) is 4.79 Å². The summed E-state index contributed by atoms with van der Waals surface area (Å²) >= 11 is 1.03. The fourth-order valence-corrected chi connectivity index (χ4v) is 1.73. The molecule has 78 valence electrons. The molecule has 0 aromatic carbocycles. The number of ketones is 1. The zero-order chi connectivity index (χ0) is 10.7. The molecule has 0 saturated heterocycles. The summed E-state index contributed by atoms with van der Waals surface area (Å²) in [6.07, 6.45) is 5.86. The summed E-state index contributed by atoms with van der Waals surface area (Å²) in [5.74, 6) is 0.270. The van der Waals surface area contributed by atoms with Crippen LogP contribution in [-0.2, 0) is 6.54 Å². The Labute approximate surface area is 91.1 Å². The van der Waals surface area contributed by atoms with E-state index in [4.69, 9.17) is 0 Å². The number of aryl methyl sites for hydroxylation is 1. The van der Waals surface area contributed by atoms with E-state index in [1.165, 1.54) is 6.20 Å². The van der Waals surface area contributed by atoms with Crippen LogP contribution in [0.3, 0.4) is 0 Å². The second kappa shape index (κ2) is 4.31. The second-order valence-corrected chi connectivity index (χ2v) is 3.62. The SMILES string of the molecule is CCCn1ccnc1C(=O)c1cnsn1. The van der Waals surface area contributed by atoms with Crippen molar-refractivity contribution in [1.29, 1.82) is 0 Å². The molecule has 6 heteroatoms. The van der Waals surface area contributed by atoms with Gasteiger partial charge in [0.05, 0.1) is 17.9 Å². The van der Waals surface area contributed by atoms with Crippen molar-refractivity contribution in [3.63, 3.8) is 0 Å². The van der Waals surface area contributed by atoms with E-state index < -0.39 is 0 Å². The van der Waals surface area contributed by atoms with Crippen LogP contribution in [0.5, 0.6) is 0 Å². The number of aromatic nitrogens is 4. The quantitative estimate of drug-likeness (QED) is 0.733. The van der Waals surface area contributed by atoms with Crippen molar-refractivity contribution in [2.75, 3.05) is 0 Å². The van der Waals surface area contributed by atoms with Gasteiger partial charge in [-0.2, -0.15) is 8.75 Å². The molecule has 15 heavy (non-hydrogen) atoms. The van der Waals surface area contributed by atoms with Crippen molar-refractivity contribution in [2.45, 2.75) is 19.9 Å². The van der Waals surface area contributed by atoms with Gasteiger partial charge in [-0.15, -0.1) is 0 Å². The topological polar surface area (TPSA) is 60.7 Å². The third kappa shape index (κ3) is 1.94. The Balaban J connectivity index is 2.29. The van der Waals surface area contributed by atoms with Crippen LogP contribution in [0.25, 0.3) is 0 Å². The van der Waals surface area contributed by atoms with Gasteiger partial charge in [-0.05, 0) is 6.42 Å². The molecule has 0 aliphatic carbocycles. The van der Waals surface area contributed by atoms with Gasteiger partial charge in [0.1, 0.15) is 5.69 Å². The zero-order valence-corrected chi connectivity index (χ0v) is 9.07. The largest absolute Gasteiger partial charge is 0.328 e. The van der Waals surface area contributed by atoms with E-state index in [2.05, 4.69) is 20.7 Å². The van der Waals surface area contributed by atoms with Crippen molar-refractivity contribution < 1.29 is 4.79 Å². The average molecular weight is 222 g/mol. The highest BCUT2D eigenvalue weighted by atomic mass is 32.1. The maximum absolute atomic E-state index is 11.9. The monoisotopic (exact) mass is 222 g/mol. The summed E-state index contributed by atoms with van der Waals surface area (Å²) in [6, 6.07) is 0. The summed E-state index contributed by atoms with van der Waals surface area (Å²) in [5, 5.41) is 0. The Morgan fingerprint density at radius 1 is 1.60 bits per heavy atom. The van der Waals surface area contributed by atoms with Gasteiger partial charge in [0, 0.05) is 18.9 Å². The maximum atomic E-state index is 11.9. The fourth-order valence-electron chi connectivity index (χ4n) is 1.32. The van der Waals surface area contributed by atoms with Gasteiger partial charge >= 0.3 is 0 Å². The molecule has 0 radical (unpaired) electrons. The number of hydrogen-bond acceptors (Lipinski definition) is 5. The molecule has 0 amide bonds. The minimum atomic E-state index is -0.165. The standard InChI is InChI=1S/C9H10N4OS/c1-2-4-13-5-3-10-9(13)8(14)7-6-11-15-12-7/h3,5-6H,2,4H2,1H3. The third-order valence-corrected chi connectivity index (χ3v) is 2.46. The van der Waals surface area contributed by atoms with Crippen molar-refractivity contribution in [1.82, 2.24) is 18.3 Å². The minimum Gasteiger partial charge on any atom is -0.328 e. The lowest BCUT2D eigenvalue weighted by Gasteiger charge is -2.02. The highest BCUT2D eigenvalue weighted by Gasteiger charge is 2.16. The van der Waals surface area contributed by atoms with Crippen molar-refractivity contribution in [3.8, 4) is 0 Å². The second-order valence-electron chi connectivity index (χ2n) is 3.07. The first-order valence-corrected chi connectivity index (χ1v) is 5.39. The highest BCUT2D eigenvalue weighted by Crippen LogP contribution is 2.07. The average Bonchev–Trinajstić information content (AvgIpc) is 2.87. The van der Waals surface area contributed by atoms with E-state index in [1.54, 1.807) is 12.4 Å². The molecule has 2 rings (SSSR count). The summed E-state index contributed by atoms with van der Waals surface area (Å²) in [6.45, 7) is 2.84. The van der Waals surface area contributed by atoms with Crippen LogP contribution >= 0.6 is 11.7 Å². The molecule has 0 atom stereocenters. The predicted octanol–water partition coefficient (Wildman–Crippen LogP) is 1.38. The normalized spacial score (nSPS) is 10.5. The van der Waals surface area contributed by atoms with Crippen molar-refractivity contribution in [3.05, 3.63) is 30.1 Å². The maximum Gasteiger partial charge on any atom is 0.249 e. The highest BCUT2D eigenvalue weighted by molar-refractivity contribution is 6.99. The van der Waals surface area contributed by atoms with E-state index in [0.29, 0.717) is 11.5 Å². The van der Waals surface area contributed by atoms with Gasteiger partial charge in [-0.3, -0.25) is 4.79 Å². The minimum absolute atomic E-state index is 0.165. The van der Waals surface area contributed by atoms with Gasteiger partial charge in [0.2, 0.25) is 5.78 Å². The lowest BCUT2D eigenvalue weighted by Crippen LogP contribution is -2.11. The van der Waals surface area contributed by atoms with Crippen LogP contribution in [-0.4, -0.2) is 24.1 Å². The van der Waals surface area contributed by atoms with E-state index in [0.717, 1.165) is 24.7 Å². The number of carbonyl (C=O) groups is 1. The molecule has 0 spiro atoms. The number of hydrogen-bond donors (Lipinski definition) is 0. The molecule has 5 nitrogen and oxygen atoms in total. The van der Waals surface area contributed by atoms with Crippen LogP contribution in [0, 0.1) is 0 Å². The van der Waals surface area contributed by atoms with Crippen LogP contribution in [0.2, 0.25) is 0 Å². The van der Waals surface area contributed by atoms with E-state index in [1.807, 2.05) is 4.57 Å². The van der Waals surface area contributed by atoms with Crippen LogP contribution < -0.4 is 0 Å². The molecule has 0 bridgehead atoms. The van der Waals surface area contributed by atoms with E-state index in [-0.39, 0.29) is 5.78 Å². The number of carbonyl (C=O) groups excluding carboxylic acids is 1. The molecular formula is C9H10N4OS. The molecule has 0 unspecified atom stereocenters. The smallest absolute Gasteiger partial charge is 0.249 e. The molecule has 0 aliphatic heterocycles. The first-order chi connectivity index (χ1) is 7.33. The van der Waals surface area contributed by atoms with Crippen molar-refractivity contribution in [2.24, 2.45) is 0 Å². The Kier molecular flexibility index (Phi) is 2.86. The fraction of sp³-hybridized carbons (Fsp3) is 0.333. The van der Waals surface area contributed by atoms with Crippen LogP contribution in [0.4, 0.5) is 0 Å². The number of nitrogens with zero attached hydrogens (tertiary/aromatic N) is 4. The van der Waals surface area contributed by atoms with Gasteiger partial charge in [0.25, 0.3) is 0 Å². The Bertz CT molecular complexity index is 448. The number of rotatable bonds is 4. The molecule has 2 heterocycles. The lowest BCUT2D eigenvalue weighted by molar-refractivity contribution is 0.102. The zero-order valence-electron chi connectivity index (χ0n) is 8.25. The predicted molar refractivity (Wildman–Crippen MR) is 55.9 cm³/mol. The molecule has 0 aliphatic rings. The first kappa shape index (κ1) is 9.97. The molecule has 0 N–H and O–H groups in total. The van der Waals surface area contributed by atoms with Crippen LogP contribution in [0.15, 0.2) is 18.6 Å². The first-order valence-electron chi connectivity index (χ1n) is 4.66. The molecule has 2 aromatic heterocycles. The molecule has 0 fully saturated rings. The molecule has 2 aromatic rings. The van der Waals surface area contributed by atoms with Gasteiger partial charge in [0.15, 0.2) is 5.82 Å². The Morgan fingerprint density at radius 3 is 3.13 bits per heavy atom. The Morgan fingerprint density at radius 2 is 2.47 bits per heavy atom. The summed E-state index contributed by atoms with van der Waals surface area (Å²) in [7, 11) is 0. The summed E-state index contributed by atoms with van der Waals surface area (Å²) in [5.41, 5.74) is 0.364. The third-order valence-electron chi connectivity index (χ3n) is 1.98. The van der Waals surface area contributed by atoms with Crippen molar-refractivity contribution >= 4 is 17.5 Å². The Hall–Kier alpha value is -1.56. The van der Waals surface area contributed by atoms with Gasteiger partial charge in [-0.25, -0.2) is 4.98 Å². The number of imidazole rings is 1. The lowest BCUT2D eigenvalue weighted by atomic mass is 10.3. The molecular weight excluding hydrogens is 212 g/mol. The summed E-state index contributed by atoms with van der Waals surface area (Å²) in [4.78, 5) is 15.9. The summed E-state index contributed by atoms with van der Waals surface area (Å²) < 4.78 is 9.54. The van der Waals surface area contributed by atoms with Gasteiger partial charge < -0.3 is 4.57 Å². The van der Waals surface area contributed by atoms with E-state index >= 15 is 0 Å². The molecule has 0 saturated carbocycles. The van der Waals surface area contributed by atoms with Gasteiger partial charge in [-0.1, -0.05) is 6.92 Å².